The molecule has 0 bridgehead atoms. The smallest absolute Gasteiger partial charge is 0.141 e. The molecule has 2 heterocycles. The molecule has 0 spiro atoms. The van der Waals surface area contributed by atoms with Crippen LogP contribution >= 0.6 is 0 Å². The van der Waals surface area contributed by atoms with Crippen molar-refractivity contribution in [1.82, 2.24) is 19.4 Å². The minimum atomic E-state index is -0.240. The molecule has 0 radical (unpaired) electrons. The van der Waals surface area contributed by atoms with Crippen LogP contribution in [0.1, 0.15) is 17.0 Å². The summed E-state index contributed by atoms with van der Waals surface area (Å²) in [4.78, 5) is 0. The molecule has 5 nitrogen and oxygen atoms in total. The standard InChI is InChI=1S/C15H14FN5/c1-11-7-13(8-19-20-9-17-18-10-20)12(2)21(11)15-5-3-14(16)4-6-15/h3-10H,1-2H3/b19-8-. The van der Waals surface area contributed by atoms with Crippen molar-refractivity contribution in [2.45, 2.75) is 13.8 Å². The van der Waals surface area contributed by atoms with E-state index in [9.17, 15) is 4.39 Å². The highest BCUT2D eigenvalue weighted by atomic mass is 19.1. The van der Waals surface area contributed by atoms with E-state index in [-0.39, 0.29) is 5.82 Å². The maximum absolute atomic E-state index is 13.0. The highest BCUT2D eigenvalue weighted by molar-refractivity contribution is 5.82. The molecule has 0 aliphatic carbocycles. The van der Waals surface area contributed by atoms with E-state index in [1.807, 2.05) is 19.9 Å². The first-order valence-corrected chi connectivity index (χ1v) is 6.49. The molecule has 1 aromatic carbocycles. The molecule has 0 aliphatic rings. The fraction of sp³-hybridized carbons (Fsp3) is 0.133. The van der Waals surface area contributed by atoms with E-state index in [4.69, 9.17) is 0 Å². The van der Waals surface area contributed by atoms with E-state index in [0.717, 1.165) is 22.6 Å². The van der Waals surface area contributed by atoms with Crippen LogP contribution in [0.4, 0.5) is 4.39 Å². The summed E-state index contributed by atoms with van der Waals surface area (Å²) in [6.45, 7) is 4.01. The number of hydrogen-bond donors (Lipinski definition) is 0. The van der Waals surface area contributed by atoms with Crippen LogP contribution < -0.4 is 0 Å². The zero-order valence-corrected chi connectivity index (χ0v) is 11.7. The first-order chi connectivity index (χ1) is 10.1. The molecule has 0 saturated carbocycles. The van der Waals surface area contributed by atoms with Crippen LogP contribution in [-0.2, 0) is 0 Å². The molecule has 0 fully saturated rings. The number of rotatable bonds is 3. The van der Waals surface area contributed by atoms with Crippen LogP contribution in [0.25, 0.3) is 5.69 Å². The quantitative estimate of drug-likeness (QED) is 0.694. The second-order valence-corrected chi connectivity index (χ2v) is 4.72. The van der Waals surface area contributed by atoms with Crippen molar-refractivity contribution in [3.63, 3.8) is 0 Å². The summed E-state index contributed by atoms with van der Waals surface area (Å²) in [6.07, 6.45) is 4.80. The Balaban J connectivity index is 1.98. The van der Waals surface area contributed by atoms with Crippen LogP contribution in [0.5, 0.6) is 0 Å². The lowest BCUT2D eigenvalue weighted by Crippen LogP contribution is -1.99. The molecule has 0 N–H and O–H groups in total. The summed E-state index contributed by atoms with van der Waals surface area (Å²) in [6, 6.07) is 8.47. The van der Waals surface area contributed by atoms with Gasteiger partial charge in [-0.2, -0.15) is 5.10 Å². The number of halogens is 1. The van der Waals surface area contributed by atoms with Gasteiger partial charge in [-0.25, -0.2) is 9.07 Å². The SMILES string of the molecule is Cc1cc(/C=N\n2cnnc2)c(C)n1-c1ccc(F)cc1. The van der Waals surface area contributed by atoms with Gasteiger partial charge in [-0.1, -0.05) is 0 Å². The van der Waals surface area contributed by atoms with Gasteiger partial charge < -0.3 is 4.57 Å². The molecule has 0 atom stereocenters. The third-order valence-electron chi connectivity index (χ3n) is 3.29. The second-order valence-electron chi connectivity index (χ2n) is 4.72. The van der Waals surface area contributed by atoms with Crippen molar-refractivity contribution in [1.29, 1.82) is 0 Å². The average Bonchev–Trinajstić information content (AvgIpc) is 3.07. The van der Waals surface area contributed by atoms with Gasteiger partial charge in [-0.15, -0.1) is 10.2 Å². The summed E-state index contributed by atoms with van der Waals surface area (Å²) >= 11 is 0. The van der Waals surface area contributed by atoms with E-state index < -0.39 is 0 Å². The molecular weight excluding hydrogens is 269 g/mol. The summed E-state index contributed by atoms with van der Waals surface area (Å²) in [7, 11) is 0. The molecule has 106 valence electrons. The average molecular weight is 283 g/mol. The van der Waals surface area contributed by atoms with Gasteiger partial charge in [0.05, 0.1) is 6.21 Å². The van der Waals surface area contributed by atoms with Crippen LogP contribution in [0.3, 0.4) is 0 Å². The Bertz CT molecular complexity index is 769. The predicted octanol–water partition coefficient (Wildman–Crippen LogP) is 2.71. The normalized spacial score (nSPS) is 11.4. The van der Waals surface area contributed by atoms with Crippen molar-refractivity contribution >= 4 is 6.21 Å². The minimum Gasteiger partial charge on any atom is -0.318 e. The molecule has 3 rings (SSSR count). The molecular formula is C15H14FN5. The number of aryl methyl sites for hydroxylation is 1. The van der Waals surface area contributed by atoms with Gasteiger partial charge in [0.1, 0.15) is 18.5 Å². The summed E-state index contributed by atoms with van der Waals surface area (Å²) < 4.78 is 16.6. The zero-order chi connectivity index (χ0) is 14.8. The lowest BCUT2D eigenvalue weighted by molar-refractivity contribution is 0.627. The third-order valence-corrected chi connectivity index (χ3v) is 3.29. The molecule has 0 aliphatic heterocycles. The van der Waals surface area contributed by atoms with Crippen LogP contribution in [-0.4, -0.2) is 25.7 Å². The van der Waals surface area contributed by atoms with Gasteiger partial charge in [-0.05, 0) is 44.2 Å². The van der Waals surface area contributed by atoms with Crippen molar-refractivity contribution in [2.75, 3.05) is 0 Å². The fourth-order valence-corrected chi connectivity index (χ4v) is 2.29. The zero-order valence-electron chi connectivity index (χ0n) is 11.7. The first-order valence-electron chi connectivity index (χ1n) is 6.49. The Hall–Kier alpha value is -2.76. The number of hydrogen-bond acceptors (Lipinski definition) is 3. The van der Waals surface area contributed by atoms with Crippen molar-refractivity contribution < 1.29 is 4.39 Å². The van der Waals surface area contributed by atoms with Gasteiger partial charge in [0.2, 0.25) is 0 Å². The molecule has 0 unspecified atom stereocenters. The number of aromatic nitrogens is 4. The summed E-state index contributed by atoms with van der Waals surface area (Å²) in [5.74, 6) is -0.240. The monoisotopic (exact) mass is 283 g/mol. The topological polar surface area (TPSA) is 48.0 Å². The maximum atomic E-state index is 13.0. The van der Waals surface area contributed by atoms with Crippen molar-refractivity contribution in [3.05, 3.63) is 65.8 Å². The lowest BCUT2D eigenvalue weighted by Gasteiger charge is -2.09. The highest BCUT2D eigenvalue weighted by Gasteiger charge is 2.09. The Morgan fingerprint density at radius 2 is 1.76 bits per heavy atom. The third kappa shape index (κ3) is 2.60. The first kappa shape index (κ1) is 13.2. The van der Waals surface area contributed by atoms with Crippen LogP contribution in [0.15, 0.2) is 48.1 Å². The predicted molar refractivity (Wildman–Crippen MR) is 78.2 cm³/mol. The fourth-order valence-electron chi connectivity index (χ4n) is 2.29. The molecule has 0 saturated heterocycles. The van der Waals surface area contributed by atoms with E-state index in [2.05, 4.69) is 19.9 Å². The van der Waals surface area contributed by atoms with E-state index in [1.54, 1.807) is 18.3 Å². The number of nitrogens with zero attached hydrogens (tertiary/aromatic N) is 5. The van der Waals surface area contributed by atoms with Gasteiger partial charge in [-0.3, -0.25) is 0 Å². The summed E-state index contributed by atoms with van der Waals surface area (Å²) in [5.41, 5.74) is 4.01. The van der Waals surface area contributed by atoms with Crippen LogP contribution in [0.2, 0.25) is 0 Å². The molecule has 21 heavy (non-hydrogen) atoms. The van der Waals surface area contributed by atoms with Gasteiger partial charge in [0.25, 0.3) is 0 Å². The van der Waals surface area contributed by atoms with Crippen molar-refractivity contribution in [3.8, 4) is 5.69 Å². The van der Waals surface area contributed by atoms with E-state index in [1.165, 1.54) is 29.5 Å². The Labute approximate surface area is 121 Å². The Kier molecular flexibility index (Phi) is 3.35. The minimum absolute atomic E-state index is 0.240. The largest absolute Gasteiger partial charge is 0.318 e. The van der Waals surface area contributed by atoms with Gasteiger partial charge >= 0.3 is 0 Å². The Morgan fingerprint density at radius 3 is 2.43 bits per heavy atom. The van der Waals surface area contributed by atoms with Crippen molar-refractivity contribution in [2.24, 2.45) is 5.10 Å². The van der Waals surface area contributed by atoms with E-state index in [0.29, 0.717) is 0 Å². The molecule has 3 aromatic rings. The maximum Gasteiger partial charge on any atom is 0.141 e. The number of benzene rings is 1. The molecule has 6 heteroatoms. The molecule has 2 aromatic heterocycles. The van der Waals surface area contributed by atoms with Gasteiger partial charge in [0.15, 0.2) is 0 Å². The van der Waals surface area contributed by atoms with Gasteiger partial charge in [0, 0.05) is 22.6 Å². The van der Waals surface area contributed by atoms with E-state index >= 15 is 0 Å². The second kappa shape index (κ2) is 5.32. The van der Waals surface area contributed by atoms with Crippen LogP contribution in [0, 0.1) is 19.7 Å². The highest BCUT2D eigenvalue weighted by Crippen LogP contribution is 2.20. The molecule has 0 amide bonds. The Morgan fingerprint density at radius 1 is 1.10 bits per heavy atom. The summed E-state index contributed by atoms with van der Waals surface area (Å²) in [5, 5.41) is 11.6. The lowest BCUT2D eigenvalue weighted by atomic mass is 10.2.